The lowest BCUT2D eigenvalue weighted by Gasteiger charge is -2.11. The summed E-state index contributed by atoms with van der Waals surface area (Å²) in [6.45, 7) is 4.11. The summed E-state index contributed by atoms with van der Waals surface area (Å²) in [5.41, 5.74) is 4.32. The van der Waals surface area contributed by atoms with Gasteiger partial charge >= 0.3 is 0 Å². The lowest BCUT2D eigenvalue weighted by atomic mass is 10.1. The summed E-state index contributed by atoms with van der Waals surface area (Å²) < 4.78 is 8.08. The van der Waals surface area contributed by atoms with Crippen molar-refractivity contribution in [2.24, 2.45) is 0 Å². The minimum Gasteiger partial charge on any atom is -0.494 e. The first-order valence-electron chi connectivity index (χ1n) is 11.7. The number of nitrogens with one attached hydrogen (secondary N) is 1. The lowest BCUT2D eigenvalue weighted by Crippen LogP contribution is -2.28. The normalized spacial score (nSPS) is 11.0. The predicted octanol–water partition coefficient (Wildman–Crippen LogP) is 5.76. The molecule has 0 aliphatic rings. The number of para-hydroxylation sites is 2. The van der Waals surface area contributed by atoms with Gasteiger partial charge in [-0.2, -0.15) is 0 Å². The predicted molar refractivity (Wildman–Crippen MR) is 138 cm³/mol. The fourth-order valence-corrected chi connectivity index (χ4v) is 4.14. The van der Waals surface area contributed by atoms with E-state index in [0.717, 1.165) is 53.1 Å². The smallest absolute Gasteiger partial charge is 0.224 e. The van der Waals surface area contributed by atoms with Gasteiger partial charge in [-0.1, -0.05) is 48.0 Å². The molecule has 1 aromatic heterocycles. The van der Waals surface area contributed by atoms with Crippen molar-refractivity contribution in [1.82, 2.24) is 14.9 Å². The molecule has 0 unspecified atom stereocenters. The molecular formula is C28H30ClN3O2. The van der Waals surface area contributed by atoms with Gasteiger partial charge in [0, 0.05) is 24.5 Å². The number of hydrogen-bond acceptors (Lipinski definition) is 3. The van der Waals surface area contributed by atoms with Crippen LogP contribution in [0.1, 0.15) is 29.8 Å². The van der Waals surface area contributed by atoms with Crippen molar-refractivity contribution in [3.05, 3.63) is 94.8 Å². The number of benzene rings is 3. The zero-order valence-electron chi connectivity index (χ0n) is 19.5. The van der Waals surface area contributed by atoms with E-state index in [9.17, 15) is 4.79 Å². The highest BCUT2D eigenvalue weighted by Gasteiger charge is 2.11. The Kier molecular flexibility index (Phi) is 8.21. The number of ether oxygens (including phenoxy) is 1. The molecule has 0 saturated heterocycles. The molecule has 0 radical (unpaired) electrons. The molecule has 4 aromatic rings. The van der Waals surface area contributed by atoms with Gasteiger partial charge in [-0.3, -0.25) is 4.79 Å². The molecule has 176 valence electrons. The number of fused-ring (bicyclic) bond motifs is 1. The van der Waals surface area contributed by atoms with E-state index in [1.807, 2.05) is 73.7 Å². The van der Waals surface area contributed by atoms with Crippen molar-refractivity contribution in [3.63, 3.8) is 0 Å². The van der Waals surface area contributed by atoms with Gasteiger partial charge in [0.05, 0.1) is 24.1 Å². The van der Waals surface area contributed by atoms with Gasteiger partial charge < -0.3 is 14.6 Å². The number of rotatable bonds is 11. The first-order chi connectivity index (χ1) is 16.6. The van der Waals surface area contributed by atoms with E-state index in [2.05, 4.69) is 16.0 Å². The van der Waals surface area contributed by atoms with Crippen LogP contribution in [0.4, 0.5) is 0 Å². The summed E-state index contributed by atoms with van der Waals surface area (Å²) in [4.78, 5) is 17.3. The van der Waals surface area contributed by atoms with Crippen LogP contribution in [0.5, 0.6) is 5.75 Å². The van der Waals surface area contributed by atoms with Crippen LogP contribution >= 0.6 is 11.6 Å². The van der Waals surface area contributed by atoms with Crippen LogP contribution in [-0.2, 0) is 24.2 Å². The summed E-state index contributed by atoms with van der Waals surface area (Å²) in [6.07, 6.45) is 2.99. The number of carbonyl (C=O) groups is 1. The first kappa shape index (κ1) is 23.8. The molecule has 1 amide bonds. The minimum absolute atomic E-state index is 0.0382. The van der Waals surface area contributed by atoms with E-state index in [1.165, 1.54) is 0 Å². The molecule has 4 rings (SSSR count). The van der Waals surface area contributed by atoms with Crippen molar-refractivity contribution in [1.29, 1.82) is 0 Å². The van der Waals surface area contributed by atoms with Crippen LogP contribution in [0.2, 0.25) is 5.02 Å². The molecule has 0 spiro atoms. The highest BCUT2D eigenvalue weighted by atomic mass is 35.5. The molecule has 5 nitrogen and oxygen atoms in total. The summed E-state index contributed by atoms with van der Waals surface area (Å²) in [5.74, 6) is 1.87. The van der Waals surface area contributed by atoms with Crippen molar-refractivity contribution in [2.45, 2.75) is 39.2 Å². The van der Waals surface area contributed by atoms with Crippen LogP contribution in [0, 0.1) is 6.92 Å². The highest BCUT2D eigenvalue weighted by molar-refractivity contribution is 6.30. The van der Waals surface area contributed by atoms with Crippen LogP contribution < -0.4 is 10.1 Å². The SMILES string of the molecule is Cc1ccccc1CC(=O)NCCc1nc2ccccc2n1CCCCOc1ccc(Cl)cc1. The number of amides is 1. The molecule has 3 aromatic carbocycles. The summed E-state index contributed by atoms with van der Waals surface area (Å²) in [7, 11) is 0. The van der Waals surface area contributed by atoms with Crippen molar-refractivity contribution >= 4 is 28.5 Å². The topological polar surface area (TPSA) is 56.2 Å². The lowest BCUT2D eigenvalue weighted by molar-refractivity contribution is -0.120. The largest absolute Gasteiger partial charge is 0.494 e. The third kappa shape index (κ3) is 6.39. The van der Waals surface area contributed by atoms with Gasteiger partial charge in [0.25, 0.3) is 0 Å². The maximum Gasteiger partial charge on any atom is 0.224 e. The summed E-state index contributed by atoms with van der Waals surface area (Å²) in [5, 5.41) is 3.76. The standard InChI is InChI=1S/C28H30ClN3O2/c1-21-8-2-3-9-22(21)20-28(33)30-17-16-27-31-25-10-4-5-11-26(25)32(27)18-6-7-19-34-24-14-12-23(29)13-15-24/h2-5,8-15H,6-7,16-20H2,1H3,(H,30,33). The zero-order chi connectivity index (χ0) is 23.8. The summed E-state index contributed by atoms with van der Waals surface area (Å²) >= 11 is 5.92. The first-order valence-corrected chi connectivity index (χ1v) is 12.1. The van der Waals surface area contributed by atoms with Crippen LogP contribution in [0.15, 0.2) is 72.8 Å². The van der Waals surface area contributed by atoms with E-state index in [0.29, 0.717) is 31.0 Å². The van der Waals surface area contributed by atoms with Crippen LogP contribution in [0.3, 0.4) is 0 Å². The Labute approximate surface area is 205 Å². The van der Waals surface area contributed by atoms with Crippen molar-refractivity contribution in [3.8, 4) is 5.75 Å². The highest BCUT2D eigenvalue weighted by Crippen LogP contribution is 2.18. The maximum absolute atomic E-state index is 12.4. The molecular weight excluding hydrogens is 446 g/mol. The molecule has 0 aliphatic carbocycles. The monoisotopic (exact) mass is 475 g/mol. The molecule has 34 heavy (non-hydrogen) atoms. The van der Waals surface area contributed by atoms with Gasteiger partial charge in [0.15, 0.2) is 0 Å². The Balaban J connectivity index is 1.30. The third-order valence-electron chi connectivity index (χ3n) is 5.88. The number of nitrogens with zero attached hydrogens (tertiary/aromatic N) is 2. The number of imidazole rings is 1. The van der Waals surface area contributed by atoms with Crippen LogP contribution in [0.25, 0.3) is 11.0 Å². The molecule has 0 saturated carbocycles. The Morgan fingerprint density at radius 1 is 1.00 bits per heavy atom. The Hall–Kier alpha value is -3.31. The van der Waals surface area contributed by atoms with Gasteiger partial charge in [-0.15, -0.1) is 0 Å². The zero-order valence-corrected chi connectivity index (χ0v) is 20.2. The molecule has 0 bridgehead atoms. The second-order valence-electron chi connectivity index (χ2n) is 8.38. The van der Waals surface area contributed by atoms with E-state index in [1.54, 1.807) is 0 Å². The number of carbonyl (C=O) groups excluding carboxylic acids is 1. The number of unbranched alkanes of at least 4 members (excludes halogenated alkanes) is 1. The fourth-order valence-electron chi connectivity index (χ4n) is 4.02. The molecule has 0 fully saturated rings. The number of aryl methyl sites for hydroxylation is 2. The molecule has 1 heterocycles. The summed E-state index contributed by atoms with van der Waals surface area (Å²) in [6, 6.07) is 23.6. The molecule has 1 N–H and O–H groups in total. The average molecular weight is 476 g/mol. The number of halogens is 1. The Morgan fingerprint density at radius 3 is 2.59 bits per heavy atom. The van der Waals surface area contributed by atoms with Gasteiger partial charge in [0.2, 0.25) is 5.91 Å². The Morgan fingerprint density at radius 2 is 1.76 bits per heavy atom. The van der Waals surface area contributed by atoms with Gasteiger partial charge in [-0.25, -0.2) is 4.98 Å². The fraction of sp³-hybridized carbons (Fsp3) is 0.286. The van der Waals surface area contributed by atoms with Crippen molar-refractivity contribution < 1.29 is 9.53 Å². The molecule has 0 aliphatic heterocycles. The van der Waals surface area contributed by atoms with Gasteiger partial charge in [0.1, 0.15) is 11.6 Å². The van der Waals surface area contributed by atoms with E-state index >= 15 is 0 Å². The third-order valence-corrected chi connectivity index (χ3v) is 6.13. The maximum atomic E-state index is 12.4. The van der Waals surface area contributed by atoms with Gasteiger partial charge in [-0.05, 0) is 67.3 Å². The van der Waals surface area contributed by atoms with E-state index < -0.39 is 0 Å². The second kappa shape index (κ2) is 11.7. The van der Waals surface area contributed by atoms with E-state index in [4.69, 9.17) is 21.3 Å². The quantitative estimate of drug-likeness (QED) is 0.281. The number of hydrogen-bond donors (Lipinski definition) is 1. The second-order valence-corrected chi connectivity index (χ2v) is 8.82. The average Bonchev–Trinajstić information content (AvgIpc) is 3.19. The van der Waals surface area contributed by atoms with Crippen LogP contribution in [-0.4, -0.2) is 28.6 Å². The van der Waals surface area contributed by atoms with E-state index in [-0.39, 0.29) is 5.91 Å². The molecule has 0 atom stereocenters. The molecule has 6 heteroatoms. The Bertz CT molecular complexity index is 1230. The minimum atomic E-state index is 0.0382. The van der Waals surface area contributed by atoms with Crippen molar-refractivity contribution in [2.75, 3.05) is 13.2 Å². The number of aromatic nitrogens is 2.